The Hall–Kier alpha value is -1.35. The van der Waals surface area contributed by atoms with Gasteiger partial charge in [0, 0.05) is 10.6 Å². The molecule has 0 saturated carbocycles. The Morgan fingerprint density at radius 1 is 1.22 bits per heavy atom. The number of hydrogen-bond acceptors (Lipinski definition) is 1. The Balaban J connectivity index is 2.24. The largest absolute Gasteiger partial charge is 0.204 e. The minimum absolute atomic E-state index is 0.501. The summed E-state index contributed by atoms with van der Waals surface area (Å²) in [6, 6.07) is 8.01. The SMILES string of the molecule is C=C/C=C(F)\C(F)=C1/CCc2ccccc2SC1. The van der Waals surface area contributed by atoms with Crippen LogP contribution < -0.4 is 0 Å². The number of allylic oxidation sites excluding steroid dienone is 4. The van der Waals surface area contributed by atoms with Crippen molar-refractivity contribution in [2.45, 2.75) is 17.7 Å². The predicted molar refractivity (Wildman–Crippen MR) is 73.0 cm³/mol. The molecule has 2 rings (SSSR count). The highest BCUT2D eigenvalue weighted by molar-refractivity contribution is 7.99. The van der Waals surface area contributed by atoms with Gasteiger partial charge in [0.05, 0.1) is 0 Å². The molecule has 1 aliphatic heterocycles. The monoisotopic (exact) mass is 264 g/mol. The molecule has 0 saturated heterocycles. The maximum Gasteiger partial charge on any atom is 0.158 e. The van der Waals surface area contributed by atoms with Crippen molar-refractivity contribution in [2.75, 3.05) is 5.75 Å². The van der Waals surface area contributed by atoms with Crippen molar-refractivity contribution < 1.29 is 8.78 Å². The molecule has 0 N–H and O–H groups in total. The van der Waals surface area contributed by atoms with Crippen molar-refractivity contribution in [3.8, 4) is 0 Å². The molecule has 0 spiro atoms. The van der Waals surface area contributed by atoms with Gasteiger partial charge in [0.1, 0.15) is 0 Å². The molecule has 1 heterocycles. The van der Waals surface area contributed by atoms with E-state index < -0.39 is 11.7 Å². The van der Waals surface area contributed by atoms with Gasteiger partial charge in [-0.1, -0.05) is 30.9 Å². The maximum absolute atomic E-state index is 13.8. The zero-order chi connectivity index (χ0) is 13.0. The second-order valence-electron chi connectivity index (χ2n) is 4.06. The van der Waals surface area contributed by atoms with E-state index in [-0.39, 0.29) is 0 Å². The third kappa shape index (κ3) is 2.91. The third-order valence-electron chi connectivity index (χ3n) is 2.85. The van der Waals surface area contributed by atoms with Crippen LogP contribution in [0.5, 0.6) is 0 Å². The van der Waals surface area contributed by atoms with Gasteiger partial charge in [-0.15, -0.1) is 11.8 Å². The second kappa shape index (κ2) is 6.01. The van der Waals surface area contributed by atoms with Crippen LogP contribution in [-0.4, -0.2) is 5.75 Å². The maximum atomic E-state index is 13.8. The summed E-state index contributed by atoms with van der Waals surface area (Å²) in [6.45, 7) is 3.37. The van der Waals surface area contributed by atoms with Gasteiger partial charge in [-0.2, -0.15) is 0 Å². The van der Waals surface area contributed by atoms with Crippen molar-refractivity contribution >= 4 is 11.8 Å². The van der Waals surface area contributed by atoms with Gasteiger partial charge >= 0.3 is 0 Å². The molecule has 94 valence electrons. The molecule has 0 fully saturated rings. The molecule has 0 unspecified atom stereocenters. The minimum Gasteiger partial charge on any atom is -0.204 e. The zero-order valence-electron chi connectivity index (χ0n) is 9.96. The normalized spacial score (nSPS) is 18.9. The van der Waals surface area contributed by atoms with Crippen LogP contribution in [0.15, 0.2) is 65.1 Å². The first kappa shape index (κ1) is 13.1. The van der Waals surface area contributed by atoms with Crippen LogP contribution in [0.1, 0.15) is 12.0 Å². The molecule has 18 heavy (non-hydrogen) atoms. The van der Waals surface area contributed by atoms with E-state index in [9.17, 15) is 8.78 Å². The molecule has 0 atom stereocenters. The number of thioether (sulfide) groups is 1. The van der Waals surface area contributed by atoms with Crippen molar-refractivity contribution in [1.82, 2.24) is 0 Å². The summed E-state index contributed by atoms with van der Waals surface area (Å²) in [7, 11) is 0. The molecule has 1 aromatic rings. The first-order chi connectivity index (χ1) is 8.72. The third-order valence-corrected chi connectivity index (χ3v) is 4.06. The highest BCUT2D eigenvalue weighted by Gasteiger charge is 2.16. The van der Waals surface area contributed by atoms with Crippen LogP contribution in [0.25, 0.3) is 0 Å². The van der Waals surface area contributed by atoms with E-state index in [0.29, 0.717) is 17.7 Å². The fraction of sp³-hybridized carbons (Fsp3) is 0.200. The van der Waals surface area contributed by atoms with Gasteiger partial charge in [0.2, 0.25) is 0 Å². The molecule has 0 aliphatic carbocycles. The van der Waals surface area contributed by atoms with Gasteiger partial charge < -0.3 is 0 Å². The van der Waals surface area contributed by atoms with Crippen molar-refractivity contribution in [3.05, 3.63) is 65.8 Å². The molecule has 1 aliphatic rings. The minimum atomic E-state index is -0.827. The molecule has 0 radical (unpaired) electrons. The summed E-state index contributed by atoms with van der Waals surface area (Å²) in [5, 5.41) is 0. The average Bonchev–Trinajstić information content (AvgIpc) is 2.60. The lowest BCUT2D eigenvalue weighted by atomic mass is 10.0. The lowest BCUT2D eigenvalue weighted by Crippen LogP contribution is -1.93. The van der Waals surface area contributed by atoms with Crippen LogP contribution in [0.2, 0.25) is 0 Å². The first-order valence-electron chi connectivity index (χ1n) is 5.79. The van der Waals surface area contributed by atoms with Crippen LogP contribution in [-0.2, 0) is 6.42 Å². The Bertz CT molecular complexity index is 486. The van der Waals surface area contributed by atoms with E-state index >= 15 is 0 Å². The van der Waals surface area contributed by atoms with Gasteiger partial charge in [-0.25, -0.2) is 8.78 Å². The molecular formula is C15H14F2S. The predicted octanol–water partition coefficient (Wildman–Crippen LogP) is 4.99. The van der Waals surface area contributed by atoms with E-state index in [2.05, 4.69) is 6.58 Å². The Morgan fingerprint density at radius 3 is 2.78 bits per heavy atom. The Labute approximate surface area is 110 Å². The fourth-order valence-corrected chi connectivity index (χ4v) is 3.02. The highest BCUT2D eigenvalue weighted by atomic mass is 32.2. The van der Waals surface area contributed by atoms with E-state index in [1.807, 2.05) is 24.3 Å². The zero-order valence-corrected chi connectivity index (χ0v) is 10.8. The number of benzene rings is 1. The lowest BCUT2D eigenvalue weighted by molar-refractivity contribution is 0.534. The van der Waals surface area contributed by atoms with E-state index in [0.717, 1.165) is 17.4 Å². The highest BCUT2D eigenvalue weighted by Crippen LogP contribution is 2.34. The quantitative estimate of drug-likeness (QED) is 0.678. The fourth-order valence-electron chi connectivity index (χ4n) is 1.89. The van der Waals surface area contributed by atoms with Gasteiger partial charge in [0.15, 0.2) is 11.7 Å². The summed E-state index contributed by atoms with van der Waals surface area (Å²) in [6.07, 6.45) is 3.64. The molecule has 0 aromatic heterocycles. The number of hydrogen-bond donors (Lipinski definition) is 0. The second-order valence-corrected chi connectivity index (χ2v) is 5.08. The van der Waals surface area contributed by atoms with E-state index in [1.54, 1.807) is 11.8 Å². The van der Waals surface area contributed by atoms with E-state index in [4.69, 9.17) is 0 Å². The van der Waals surface area contributed by atoms with Crippen molar-refractivity contribution in [3.63, 3.8) is 0 Å². The van der Waals surface area contributed by atoms with Crippen LogP contribution in [0, 0.1) is 0 Å². The first-order valence-corrected chi connectivity index (χ1v) is 6.77. The molecule has 0 bridgehead atoms. The summed E-state index contributed by atoms with van der Waals surface area (Å²) in [5.41, 5.74) is 1.74. The summed E-state index contributed by atoms with van der Waals surface area (Å²) >= 11 is 1.56. The number of aryl methyl sites for hydroxylation is 1. The molecular weight excluding hydrogens is 250 g/mol. The Morgan fingerprint density at radius 2 is 2.00 bits per heavy atom. The smallest absolute Gasteiger partial charge is 0.158 e. The van der Waals surface area contributed by atoms with Gasteiger partial charge in [-0.3, -0.25) is 0 Å². The van der Waals surface area contributed by atoms with Crippen LogP contribution >= 0.6 is 11.8 Å². The summed E-state index contributed by atoms with van der Waals surface area (Å²) in [5.74, 6) is -1.05. The number of rotatable bonds is 2. The summed E-state index contributed by atoms with van der Waals surface area (Å²) < 4.78 is 27.2. The standard InChI is InChI=1S/C15H14F2S/c1-2-5-13(16)15(17)12-9-8-11-6-3-4-7-14(11)18-10-12/h2-7H,1,8-10H2/b13-5+,15-12-. The number of fused-ring (bicyclic) bond motifs is 1. The number of halogens is 2. The molecule has 0 nitrogen and oxygen atoms in total. The topological polar surface area (TPSA) is 0 Å². The molecule has 0 amide bonds. The van der Waals surface area contributed by atoms with Crippen molar-refractivity contribution in [2.24, 2.45) is 0 Å². The van der Waals surface area contributed by atoms with Crippen LogP contribution in [0.4, 0.5) is 8.78 Å². The van der Waals surface area contributed by atoms with Crippen molar-refractivity contribution in [1.29, 1.82) is 0 Å². The van der Waals surface area contributed by atoms with Gasteiger partial charge in [0.25, 0.3) is 0 Å². The average molecular weight is 264 g/mol. The van der Waals surface area contributed by atoms with E-state index in [1.165, 1.54) is 11.6 Å². The molecule has 3 heteroatoms. The lowest BCUT2D eigenvalue weighted by Gasteiger charge is -2.03. The van der Waals surface area contributed by atoms with Gasteiger partial charge in [-0.05, 0) is 36.1 Å². The van der Waals surface area contributed by atoms with Crippen LogP contribution in [0.3, 0.4) is 0 Å². The Kier molecular flexibility index (Phi) is 4.37. The molecule has 1 aromatic carbocycles. The summed E-state index contributed by atoms with van der Waals surface area (Å²) in [4.78, 5) is 1.16.